The summed E-state index contributed by atoms with van der Waals surface area (Å²) < 4.78 is 0. The minimum absolute atomic E-state index is 0.456. The van der Waals surface area contributed by atoms with Gasteiger partial charge in [0.05, 0.1) is 6.04 Å². The molecule has 2 fully saturated rings. The van der Waals surface area contributed by atoms with E-state index >= 15 is 0 Å². The van der Waals surface area contributed by atoms with Gasteiger partial charge in [-0.3, -0.25) is 5.43 Å². The van der Waals surface area contributed by atoms with Gasteiger partial charge in [0.25, 0.3) is 0 Å². The van der Waals surface area contributed by atoms with Crippen LogP contribution in [0.5, 0.6) is 0 Å². The third-order valence-electron chi connectivity index (χ3n) is 4.06. The molecule has 0 radical (unpaired) electrons. The second-order valence-corrected chi connectivity index (χ2v) is 6.66. The lowest BCUT2D eigenvalue weighted by molar-refractivity contribution is 0.241. The lowest BCUT2D eigenvalue weighted by Crippen LogP contribution is -2.34. The fourth-order valence-electron chi connectivity index (χ4n) is 3.03. The molecule has 2 atom stereocenters. The lowest BCUT2D eigenvalue weighted by Gasteiger charge is -2.26. The molecule has 0 bridgehead atoms. The number of nitrogens with zero attached hydrogens (tertiary/aromatic N) is 1. The Hall–Kier alpha value is -0.550. The van der Waals surface area contributed by atoms with Crippen LogP contribution in [0.4, 0.5) is 0 Å². The Labute approximate surface area is 120 Å². The highest BCUT2D eigenvalue weighted by Crippen LogP contribution is 2.26. The highest BCUT2D eigenvalue weighted by Gasteiger charge is 2.29. The fourth-order valence-corrected chi connectivity index (χ4v) is 3.96. The summed E-state index contributed by atoms with van der Waals surface area (Å²) >= 11 is 2.10. The van der Waals surface area contributed by atoms with Crippen LogP contribution in [0.3, 0.4) is 0 Å². The van der Waals surface area contributed by atoms with Gasteiger partial charge in [-0.05, 0) is 24.3 Å². The molecule has 2 aliphatic heterocycles. The molecule has 19 heavy (non-hydrogen) atoms. The number of hydrogen-bond acceptors (Lipinski definition) is 4. The van der Waals surface area contributed by atoms with Gasteiger partial charge in [-0.2, -0.15) is 11.8 Å². The van der Waals surface area contributed by atoms with Crippen LogP contribution in [-0.4, -0.2) is 42.6 Å². The van der Waals surface area contributed by atoms with Crippen molar-refractivity contribution in [2.24, 2.45) is 5.92 Å². The van der Waals surface area contributed by atoms with Gasteiger partial charge < -0.3 is 4.90 Å². The zero-order valence-electron chi connectivity index (χ0n) is 11.3. The van der Waals surface area contributed by atoms with Crippen molar-refractivity contribution in [2.45, 2.75) is 12.5 Å². The second kappa shape index (κ2) is 6.75. The van der Waals surface area contributed by atoms with Crippen LogP contribution in [-0.2, 0) is 0 Å². The van der Waals surface area contributed by atoms with Crippen LogP contribution >= 0.6 is 11.8 Å². The second-order valence-electron chi connectivity index (χ2n) is 5.44. The van der Waals surface area contributed by atoms with E-state index in [1.165, 1.54) is 43.1 Å². The van der Waals surface area contributed by atoms with Gasteiger partial charge in [-0.15, -0.1) is 0 Å². The topological polar surface area (TPSA) is 27.3 Å². The summed E-state index contributed by atoms with van der Waals surface area (Å²) in [6.45, 7) is 4.80. The van der Waals surface area contributed by atoms with Crippen LogP contribution in [0, 0.1) is 5.92 Å². The molecule has 2 heterocycles. The maximum atomic E-state index is 3.45. The average molecular weight is 277 g/mol. The predicted octanol–water partition coefficient (Wildman–Crippen LogP) is 1.89. The van der Waals surface area contributed by atoms with Crippen molar-refractivity contribution in [1.29, 1.82) is 0 Å². The van der Waals surface area contributed by atoms with E-state index in [9.17, 15) is 0 Å². The molecular formula is C15H23N3S. The van der Waals surface area contributed by atoms with Crippen LogP contribution in [0.2, 0.25) is 0 Å². The Morgan fingerprint density at radius 3 is 2.95 bits per heavy atom. The molecule has 0 saturated carbocycles. The van der Waals surface area contributed by atoms with Crippen molar-refractivity contribution < 1.29 is 0 Å². The van der Waals surface area contributed by atoms with E-state index in [1.807, 2.05) is 0 Å². The quantitative estimate of drug-likeness (QED) is 0.882. The maximum Gasteiger partial charge on any atom is 0.0515 e. The summed E-state index contributed by atoms with van der Waals surface area (Å²) in [7, 11) is 0. The van der Waals surface area contributed by atoms with Gasteiger partial charge in [0.2, 0.25) is 0 Å². The molecule has 2 unspecified atom stereocenters. The molecule has 1 aromatic carbocycles. The van der Waals surface area contributed by atoms with Crippen molar-refractivity contribution in [3.05, 3.63) is 35.9 Å². The van der Waals surface area contributed by atoms with E-state index < -0.39 is 0 Å². The van der Waals surface area contributed by atoms with Crippen molar-refractivity contribution >= 4 is 11.8 Å². The Bertz CT molecular complexity index is 376. The van der Waals surface area contributed by atoms with Crippen molar-refractivity contribution in [3.63, 3.8) is 0 Å². The standard InChI is InChI=1S/C15H23N3S/c1-2-5-13(6-3-1)15-14(11-16-17-15)12-18-7-4-9-19-10-8-18/h1-3,5-6,14-17H,4,7-12H2. The molecule has 4 heteroatoms. The molecule has 0 spiro atoms. The molecule has 2 saturated heterocycles. The average Bonchev–Trinajstić information content (AvgIpc) is 2.75. The number of thioether (sulfide) groups is 1. The van der Waals surface area contributed by atoms with Gasteiger partial charge in [-0.25, -0.2) is 5.43 Å². The molecule has 104 valence electrons. The smallest absolute Gasteiger partial charge is 0.0515 e. The number of nitrogens with one attached hydrogen (secondary N) is 2. The van der Waals surface area contributed by atoms with E-state index in [2.05, 4.69) is 57.8 Å². The zero-order chi connectivity index (χ0) is 12.9. The Morgan fingerprint density at radius 1 is 1.16 bits per heavy atom. The van der Waals surface area contributed by atoms with Gasteiger partial charge >= 0.3 is 0 Å². The van der Waals surface area contributed by atoms with Gasteiger partial charge in [0.1, 0.15) is 0 Å². The third kappa shape index (κ3) is 3.51. The molecule has 0 aromatic heterocycles. The Kier molecular flexibility index (Phi) is 4.77. The minimum Gasteiger partial charge on any atom is -0.302 e. The number of benzene rings is 1. The van der Waals surface area contributed by atoms with Gasteiger partial charge in [0, 0.05) is 31.3 Å². The molecule has 0 amide bonds. The Morgan fingerprint density at radius 2 is 2.05 bits per heavy atom. The summed E-state index contributed by atoms with van der Waals surface area (Å²) in [5.41, 5.74) is 8.19. The first-order valence-electron chi connectivity index (χ1n) is 7.27. The van der Waals surface area contributed by atoms with E-state index in [0.29, 0.717) is 12.0 Å². The van der Waals surface area contributed by atoms with Crippen LogP contribution in [0.25, 0.3) is 0 Å². The number of hydrazine groups is 1. The van der Waals surface area contributed by atoms with Crippen LogP contribution in [0.1, 0.15) is 18.0 Å². The SMILES string of the molecule is c1ccc(C2NNCC2CN2CCCSCC2)cc1. The zero-order valence-corrected chi connectivity index (χ0v) is 12.2. The Balaban J connectivity index is 1.63. The fraction of sp³-hybridized carbons (Fsp3) is 0.600. The van der Waals surface area contributed by atoms with E-state index in [1.54, 1.807) is 0 Å². The molecular weight excluding hydrogens is 254 g/mol. The first-order chi connectivity index (χ1) is 9.43. The number of rotatable bonds is 3. The summed E-state index contributed by atoms with van der Waals surface area (Å²) in [6, 6.07) is 11.3. The first kappa shape index (κ1) is 13.4. The number of hydrogen-bond donors (Lipinski definition) is 2. The normalized spacial score (nSPS) is 29.3. The molecule has 0 aliphatic carbocycles. The molecule has 3 rings (SSSR count). The highest BCUT2D eigenvalue weighted by molar-refractivity contribution is 7.99. The first-order valence-corrected chi connectivity index (χ1v) is 8.42. The van der Waals surface area contributed by atoms with Gasteiger partial charge in [0.15, 0.2) is 0 Å². The predicted molar refractivity (Wildman–Crippen MR) is 82.2 cm³/mol. The minimum atomic E-state index is 0.456. The molecule has 2 N–H and O–H groups in total. The van der Waals surface area contributed by atoms with E-state index in [-0.39, 0.29) is 0 Å². The van der Waals surface area contributed by atoms with E-state index in [4.69, 9.17) is 0 Å². The molecule has 3 nitrogen and oxygen atoms in total. The largest absolute Gasteiger partial charge is 0.302 e. The van der Waals surface area contributed by atoms with Crippen molar-refractivity contribution in [1.82, 2.24) is 15.8 Å². The van der Waals surface area contributed by atoms with E-state index in [0.717, 1.165) is 6.54 Å². The summed E-state index contributed by atoms with van der Waals surface area (Å²) in [5, 5.41) is 0. The van der Waals surface area contributed by atoms with Crippen molar-refractivity contribution in [3.8, 4) is 0 Å². The maximum absolute atomic E-state index is 3.45. The summed E-state index contributed by atoms with van der Waals surface area (Å²) in [4.78, 5) is 2.65. The monoisotopic (exact) mass is 277 g/mol. The molecule has 1 aromatic rings. The summed E-state index contributed by atoms with van der Waals surface area (Å²) in [5.74, 6) is 3.30. The third-order valence-corrected chi connectivity index (χ3v) is 5.11. The highest BCUT2D eigenvalue weighted by atomic mass is 32.2. The van der Waals surface area contributed by atoms with Crippen molar-refractivity contribution in [2.75, 3.05) is 37.7 Å². The van der Waals surface area contributed by atoms with Gasteiger partial charge in [-0.1, -0.05) is 30.3 Å². The summed E-state index contributed by atoms with van der Waals surface area (Å²) in [6.07, 6.45) is 1.34. The molecule has 2 aliphatic rings. The lowest BCUT2D eigenvalue weighted by atomic mass is 9.94. The van der Waals surface area contributed by atoms with Crippen LogP contribution in [0.15, 0.2) is 30.3 Å². The van der Waals surface area contributed by atoms with Crippen LogP contribution < -0.4 is 10.9 Å².